The van der Waals surface area contributed by atoms with Gasteiger partial charge in [0.05, 0.1) is 11.4 Å². The average molecular weight is 306 g/mol. The summed E-state index contributed by atoms with van der Waals surface area (Å²) in [6.07, 6.45) is 4.65. The number of rotatable bonds is 3. The maximum absolute atomic E-state index is 4.56. The van der Waals surface area contributed by atoms with E-state index in [4.69, 9.17) is 0 Å². The summed E-state index contributed by atoms with van der Waals surface area (Å²) in [5, 5.41) is 3.42. The Morgan fingerprint density at radius 2 is 2.11 bits per heavy atom. The van der Waals surface area contributed by atoms with Crippen LogP contribution in [0, 0.1) is 13.8 Å². The lowest BCUT2D eigenvalue weighted by atomic mass is 10.2. The van der Waals surface area contributed by atoms with E-state index in [0.29, 0.717) is 6.04 Å². The van der Waals surface area contributed by atoms with E-state index in [2.05, 4.69) is 62.1 Å². The molecule has 0 bridgehead atoms. The van der Waals surface area contributed by atoms with Gasteiger partial charge in [-0.2, -0.15) is 0 Å². The van der Waals surface area contributed by atoms with Crippen LogP contribution in [-0.2, 0) is 0 Å². The molecule has 0 saturated heterocycles. The normalized spacial score (nSPS) is 14.8. The number of halogens is 1. The summed E-state index contributed by atoms with van der Waals surface area (Å²) in [6.45, 7) is 4.12. The molecule has 1 aromatic heterocycles. The number of anilines is 2. The molecule has 1 N–H and O–H groups in total. The number of aromatic nitrogens is 2. The first-order chi connectivity index (χ1) is 8.63. The van der Waals surface area contributed by atoms with Crippen LogP contribution < -0.4 is 5.32 Å². The molecule has 1 aliphatic rings. The molecule has 1 aliphatic carbocycles. The van der Waals surface area contributed by atoms with Crippen molar-refractivity contribution in [3.8, 4) is 0 Å². The molecule has 4 heteroatoms. The van der Waals surface area contributed by atoms with E-state index in [1.165, 1.54) is 18.4 Å². The van der Waals surface area contributed by atoms with E-state index < -0.39 is 0 Å². The number of aryl methyl sites for hydroxylation is 2. The Kier molecular flexibility index (Phi) is 2.90. The molecule has 3 rings (SSSR count). The summed E-state index contributed by atoms with van der Waals surface area (Å²) in [5.74, 6) is 0.944. The minimum absolute atomic E-state index is 0.637. The fourth-order valence-corrected chi connectivity index (χ4v) is 2.67. The van der Waals surface area contributed by atoms with Gasteiger partial charge in [-0.15, -0.1) is 0 Å². The van der Waals surface area contributed by atoms with Gasteiger partial charge in [0.1, 0.15) is 0 Å². The van der Waals surface area contributed by atoms with Gasteiger partial charge >= 0.3 is 0 Å². The molecular formula is C14H16BrN3. The van der Waals surface area contributed by atoms with Gasteiger partial charge < -0.3 is 9.88 Å². The second-order valence-corrected chi connectivity index (χ2v) is 5.81. The molecule has 0 amide bonds. The molecule has 1 fully saturated rings. The fraction of sp³-hybridized carbons (Fsp3) is 0.357. The zero-order valence-corrected chi connectivity index (χ0v) is 12.2. The Bertz CT molecular complexity index is 585. The van der Waals surface area contributed by atoms with Gasteiger partial charge in [-0.05, 0) is 60.3 Å². The molecule has 1 saturated carbocycles. The summed E-state index contributed by atoms with van der Waals surface area (Å²) < 4.78 is 3.33. The van der Waals surface area contributed by atoms with Crippen LogP contribution in [0.4, 0.5) is 11.6 Å². The van der Waals surface area contributed by atoms with Gasteiger partial charge in [0.15, 0.2) is 0 Å². The highest BCUT2D eigenvalue weighted by atomic mass is 79.9. The van der Waals surface area contributed by atoms with Crippen molar-refractivity contribution in [3.63, 3.8) is 0 Å². The lowest BCUT2D eigenvalue weighted by Gasteiger charge is -2.10. The molecule has 0 atom stereocenters. The Morgan fingerprint density at radius 1 is 1.33 bits per heavy atom. The van der Waals surface area contributed by atoms with Crippen molar-refractivity contribution < 1.29 is 0 Å². The number of nitrogens with zero attached hydrogens (tertiary/aromatic N) is 2. The van der Waals surface area contributed by atoms with Gasteiger partial charge in [-0.1, -0.05) is 6.07 Å². The number of hydrogen-bond donors (Lipinski definition) is 1. The smallest absolute Gasteiger partial charge is 0.207 e. The summed E-state index contributed by atoms with van der Waals surface area (Å²) >= 11 is 3.59. The van der Waals surface area contributed by atoms with Crippen LogP contribution in [0.2, 0.25) is 0 Å². The molecule has 0 unspecified atom stereocenters. The molecular weight excluding hydrogens is 290 g/mol. The third-order valence-corrected chi connectivity index (χ3v) is 3.82. The van der Waals surface area contributed by atoms with Gasteiger partial charge in [-0.3, -0.25) is 0 Å². The van der Waals surface area contributed by atoms with E-state index >= 15 is 0 Å². The van der Waals surface area contributed by atoms with Crippen LogP contribution in [0.5, 0.6) is 0 Å². The Balaban J connectivity index is 1.91. The first kappa shape index (κ1) is 11.8. The number of nitrogens with one attached hydrogen (secondary N) is 1. The van der Waals surface area contributed by atoms with Crippen LogP contribution in [-0.4, -0.2) is 9.55 Å². The minimum Gasteiger partial charge on any atom is -0.325 e. The predicted octanol–water partition coefficient (Wildman–Crippen LogP) is 4.34. The van der Waals surface area contributed by atoms with E-state index in [0.717, 1.165) is 21.8 Å². The van der Waals surface area contributed by atoms with E-state index in [1.807, 2.05) is 6.92 Å². The molecule has 94 valence electrons. The standard InChI is InChI=1S/C14H16BrN3/c1-9-3-6-13(12(15)7-9)17-14-16-10(2)8-18(14)11-4-5-11/h3,6-8,11H,4-5H2,1-2H3,(H,16,17). The molecule has 0 aliphatic heterocycles. The summed E-state index contributed by atoms with van der Waals surface area (Å²) in [5.41, 5.74) is 3.37. The third kappa shape index (κ3) is 2.29. The third-order valence-electron chi connectivity index (χ3n) is 3.16. The maximum atomic E-state index is 4.56. The molecule has 18 heavy (non-hydrogen) atoms. The number of benzene rings is 1. The SMILES string of the molecule is Cc1ccc(Nc2nc(C)cn2C2CC2)c(Br)c1. The van der Waals surface area contributed by atoms with E-state index in [1.54, 1.807) is 0 Å². The number of hydrogen-bond acceptors (Lipinski definition) is 2. The van der Waals surface area contributed by atoms with Crippen LogP contribution in [0.15, 0.2) is 28.9 Å². The van der Waals surface area contributed by atoms with E-state index in [9.17, 15) is 0 Å². The molecule has 0 radical (unpaired) electrons. The van der Waals surface area contributed by atoms with Crippen molar-refractivity contribution >= 4 is 27.6 Å². The van der Waals surface area contributed by atoms with Crippen LogP contribution in [0.3, 0.4) is 0 Å². The molecule has 0 spiro atoms. The lowest BCUT2D eigenvalue weighted by Crippen LogP contribution is -2.01. The Labute approximate surface area is 115 Å². The summed E-state index contributed by atoms with van der Waals surface area (Å²) in [7, 11) is 0. The van der Waals surface area contributed by atoms with Crippen molar-refractivity contribution in [2.24, 2.45) is 0 Å². The molecule has 1 heterocycles. The van der Waals surface area contributed by atoms with Crippen molar-refractivity contribution in [3.05, 3.63) is 40.1 Å². The van der Waals surface area contributed by atoms with Gasteiger partial charge in [0.2, 0.25) is 5.95 Å². The zero-order chi connectivity index (χ0) is 12.7. The Morgan fingerprint density at radius 3 is 2.78 bits per heavy atom. The first-order valence-electron chi connectivity index (χ1n) is 6.22. The fourth-order valence-electron chi connectivity index (χ4n) is 2.08. The van der Waals surface area contributed by atoms with Gasteiger partial charge in [0, 0.05) is 16.7 Å². The average Bonchev–Trinajstić information content (AvgIpc) is 3.08. The highest BCUT2D eigenvalue weighted by molar-refractivity contribution is 9.10. The van der Waals surface area contributed by atoms with E-state index in [-0.39, 0.29) is 0 Å². The van der Waals surface area contributed by atoms with Gasteiger partial charge in [0.25, 0.3) is 0 Å². The largest absolute Gasteiger partial charge is 0.325 e. The van der Waals surface area contributed by atoms with Crippen LogP contribution in [0.25, 0.3) is 0 Å². The maximum Gasteiger partial charge on any atom is 0.207 e. The minimum atomic E-state index is 0.637. The highest BCUT2D eigenvalue weighted by Gasteiger charge is 2.26. The monoisotopic (exact) mass is 305 g/mol. The second-order valence-electron chi connectivity index (χ2n) is 4.95. The number of imidazole rings is 1. The quantitative estimate of drug-likeness (QED) is 0.914. The van der Waals surface area contributed by atoms with Gasteiger partial charge in [-0.25, -0.2) is 4.98 Å². The van der Waals surface area contributed by atoms with Crippen molar-refractivity contribution in [2.45, 2.75) is 32.7 Å². The lowest BCUT2D eigenvalue weighted by molar-refractivity contribution is 0.750. The first-order valence-corrected chi connectivity index (χ1v) is 7.01. The van der Waals surface area contributed by atoms with Crippen LogP contribution >= 0.6 is 15.9 Å². The topological polar surface area (TPSA) is 29.9 Å². The van der Waals surface area contributed by atoms with Crippen molar-refractivity contribution in [1.29, 1.82) is 0 Å². The molecule has 2 aromatic rings. The summed E-state index contributed by atoms with van der Waals surface area (Å²) in [6, 6.07) is 6.93. The van der Waals surface area contributed by atoms with Crippen molar-refractivity contribution in [1.82, 2.24) is 9.55 Å². The second kappa shape index (κ2) is 4.43. The zero-order valence-electron chi connectivity index (χ0n) is 10.6. The van der Waals surface area contributed by atoms with Crippen molar-refractivity contribution in [2.75, 3.05) is 5.32 Å². The molecule has 3 nitrogen and oxygen atoms in total. The molecule has 1 aromatic carbocycles. The predicted molar refractivity (Wildman–Crippen MR) is 77.4 cm³/mol. The Hall–Kier alpha value is -1.29. The van der Waals surface area contributed by atoms with Crippen LogP contribution in [0.1, 0.15) is 30.1 Å². The summed E-state index contributed by atoms with van der Waals surface area (Å²) in [4.78, 5) is 4.56. The highest BCUT2D eigenvalue weighted by Crippen LogP contribution is 2.38.